The fourth-order valence-corrected chi connectivity index (χ4v) is 3.13. The van der Waals surface area contributed by atoms with Gasteiger partial charge in [-0.15, -0.1) is 0 Å². The lowest BCUT2D eigenvalue weighted by Crippen LogP contribution is -2.43. The van der Waals surface area contributed by atoms with E-state index in [9.17, 15) is 4.79 Å². The van der Waals surface area contributed by atoms with Crippen LogP contribution >= 0.6 is 0 Å². The largest absolute Gasteiger partial charge is 0.439 e. The summed E-state index contributed by atoms with van der Waals surface area (Å²) >= 11 is 0. The van der Waals surface area contributed by atoms with Crippen LogP contribution in [0.3, 0.4) is 0 Å². The third-order valence-corrected chi connectivity index (χ3v) is 4.39. The van der Waals surface area contributed by atoms with Gasteiger partial charge in [-0.1, -0.05) is 30.3 Å². The average Bonchev–Trinajstić information content (AvgIpc) is 3.37. The van der Waals surface area contributed by atoms with Crippen molar-refractivity contribution in [2.75, 3.05) is 11.4 Å². The van der Waals surface area contributed by atoms with E-state index in [0.717, 1.165) is 24.9 Å². The maximum Gasteiger partial charge on any atom is 0.243 e. The highest BCUT2D eigenvalue weighted by Gasteiger charge is 2.32. The van der Waals surface area contributed by atoms with Gasteiger partial charge in [-0.3, -0.25) is 4.79 Å². The number of benzene rings is 1. The van der Waals surface area contributed by atoms with Crippen molar-refractivity contribution < 1.29 is 9.21 Å². The first-order valence-corrected chi connectivity index (χ1v) is 8.63. The molecule has 0 bridgehead atoms. The van der Waals surface area contributed by atoms with Gasteiger partial charge in [0.05, 0.1) is 12.7 Å². The van der Waals surface area contributed by atoms with E-state index in [2.05, 4.69) is 20.3 Å². The minimum Gasteiger partial charge on any atom is -0.439 e. The first kappa shape index (κ1) is 16.3. The van der Waals surface area contributed by atoms with Crippen molar-refractivity contribution in [3.05, 3.63) is 60.9 Å². The molecule has 0 radical (unpaired) electrons. The second kappa shape index (κ2) is 7.35. The van der Waals surface area contributed by atoms with Crippen molar-refractivity contribution >= 4 is 11.9 Å². The van der Waals surface area contributed by atoms with Gasteiger partial charge >= 0.3 is 0 Å². The van der Waals surface area contributed by atoms with Gasteiger partial charge in [-0.2, -0.15) is 0 Å². The molecule has 3 heterocycles. The molecule has 2 aromatic heterocycles. The maximum atomic E-state index is 12.6. The molecule has 1 fully saturated rings. The Morgan fingerprint density at radius 1 is 1.15 bits per heavy atom. The maximum absolute atomic E-state index is 12.6. The molecule has 7 nitrogen and oxygen atoms in total. The summed E-state index contributed by atoms with van der Waals surface area (Å²) < 4.78 is 5.73. The predicted molar refractivity (Wildman–Crippen MR) is 96.2 cm³/mol. The molecule has 132 valence electrons. The number of hydrogen-bond donors (Lipinski definition) is 1. The summed E-state index contributed by atoms with van der Waals surface area (Å²) in [4.78, 5) is 27.3. The molecule has 1 aromatic carbocycles. The summed E-state index contributed by atoms with van der Waals surface area (Å²) in [5.74, 6) is 1.70. The topological polar surface area (TPSA) is 84.2 Å². The average molecular weight is 349 g/mol. The number of carbonyl (C=O) groups is 1. The van der Waals surface area contributed by atoms with Gasteiger partial charge in [0.1, 0.15) is 6.04 Å². The van der Waals surface area contributed by atoms with Gasteiger partial charge < -0.3 is 14.6 Å². The van der Waals surface area contributed by atoms with E-state index < -0.39 is 0 Å². The molecule has 26 heavy (non-hydrogen) atoms. The lowest BCUT2D eigenvalue weighted by Gasteiger charge is -2.23. The number of amides is 1. The van der Waals surface area contributed by atoms with Crippen LogP contribution in [-0.2, 0) is 11.3 Å². The molecule has 1 unspecified atom stereocenters. The molecule has 7 heteroatoms. The van der Waals surface area contributed by atoms with Crippen molar-refractivity contribution in [3.63, 3.8) is 0 Å². The first-order valence-electron chi connectivity index (χ1n) is 8.63. The zero-order valence-electron chi connectivity index (χ0n) is 14.2. The minimum absolute atomic E-state index is 0.0607. The fourth-order valence-electron chi connectivity index (χ4n) is 3.13. The zero-order chi connectivity index (χ0) is 17.8. The number of aromatic nitrogens is 3. The summed E-state index contributed by atoms with van der Waals surface area (Å²) in [6, 6.07) is 11.3. The van der Waals surface area contributed by atoms with E-state index in [1.165, 1.54) is 0 Å². The van der Waals surface area contributed by atoms with Crippen LogP contribution in [0.15, 0.2) is 59.4 Å². The van der Waals surface area contributed by atoms with Crippen molar-refractivity contribution in [1.29, 1.82) is 0 Å². The Morgan fingerprint density at radius 2 is 1.96 bits per heavy atom. The van der Waals surface area contributed by atoms with Crippen molar-refractivity contribution in [2.24, 2.45) is 0 Å². The highest BCUT2D eigenvalue weighted by atomic mass is 16.4. The number of nitrogens with zero attached hydrogens (tertiary/aromatic N) is 4. The Morgan fingerprint density at radius 3 is 2.77 bits per heavy atom. The third kappa shape index (κ3) is 3.42. The Bertz CT molecular complexity index is 866. The van der Waals surface area contributed by atoms with Crippen molar-refractivity contribution in [2.45, 2.75) is 25.4 Å². The zero-order valence-corrected chi connectivity index (χ0v) is 14.2. The van der Waals surface area contributed by atoms with Crippen LogP contribution in [0.2, 0.25) is 0 Å². The lowest BCUT2D eigenvalue weighted by atomic mass is 10.2. The molecule has 3 aromatic rings. The summed E-state index contributed by atoms with van der Waals surface area (Å²) in [7, 11) is 0. The number of anilines is 1. The molecule has 1 saturated heterocycles. The SMILES string of the molecule is O=C(NCc1ncc(-c2ccccc2)o1)C1CCCN1c1ncccn1. The van der Waals surface area contributed by atoms with Crippen LogP contribution in [0, 0.1) is 0 Å². The van der Waals surface area contributed by atoms with E-state index in [0.29, 0.717) is 17.6 Å². The van der Waals surface area contributed by atoms with Gasteiger partial charge in [-0.25, -0.2) is 15.0 Å². The number of rotatable bonds is 5. The Balaban J connectivity index is 1.39. The molecule has 1 atom stereocenters. The highest BCUT2D eigenvalue weighted by Crippen LogP contribution is 2.22. The second-order valence-electron chi connectivity index (χ2n) is 6.10. The molecule has 1 amide bonds. The number of oxazole rings is 1. The number of nitrogens with one attached hydrogen (secondary N) is 1. The van der Waals surface area contributed by atoms with E-state index in [1.54, 1.807) is 24.7 Å². The molecule has 4 rings (SSSR count). The summed E-state index contributed by atoms with van der Waals surface area (Å²) in [6.07, 6.45) is 6.77. The van der Waals surface area contributed by atoms with Gasteiger partial charge in [-0.05, 0) is 18.9 Å². The minimum atomic E-state index is -0.263. The van der Waals surface area contributed by atoms with E-state index in [1.807, 2.05) is 35.2 Å². The van der Waals surface area contributed by atoms with E-state index in [4.69, 9.17) is 4.42 Å². The molecule has 0 spiro atoms. The third-order valence-electron chi connectivity index (χ3n) is 4.39. The summed E-state index contributed by atoms with van der Waals surface area (Å²) in [5, 5.41) is 2.91. The summed E-state index contributed by atoms with van der Waals surface area (Å²) in [6.45, 7) is 1.03. The molecule has 1 aliphatic heterocycles. The smallest absolute Gasteiger partial charge is 0.243 e. The second-order valence-corrected chi connectivity index (χ2v) is 6.10. The van der Waals surface area contributed by atoms with Gasteiger partial charge in [0.2, 0.25) is 17.7 Å². The summed E-state index contributed by atoms with van der Waals surface area (Å²) in [5.41, 5.74) is 0.959. The van der Waals surface area contributed by atoms with Gasteiger partial charge in [0.15, 0.2) is 5.76 Å². The molecule has 0 saturated carbocycles. The first-order chi connectivity index (χ1) is 12.8. The van der Waals surface area contributed by atoms with Crippen LogP contribution in [-0.4, -0.2) is 33.4 Å². The van der Waals surface area contributed by atoms with E-state index >= 15 is 0 Å². The van der Waals surface area contributed by atoms with Crippen LogP contribution in [0.5, 0.6) is 0 Å². The van der Waals surface area contributed by atoms with Crippen molar-refractivity contribution in [3.8, 4) is 11.3 Å². The monoisotopic (exact) mass is 349 g/mol. The number of carbonyl (C=O) groups excluding carboxylic acids is 1. The Kier molecular flexibility index (Phi) is 4.59. The Labute approximate surface area is 151 Å². The predicted octanol–water partition coefficient (Wildman–Crippen LogP) is 2.42. The highest BCUT2D eigenvalue weighted by molar-refractivity contribution is 5.85. The van der Waals surface area contributed by atoms with Crippen LogP contribution in [0.1, 0.15) is 18.7 Å². The van der Waals surface area contributed by atoms with Crippen LogP contribution < -0.4 is 10.2 Å². The quantitative estimate of drug-likeness (QED) is 0.761. The molecular formula is C19H19N5O2. The van der Waals surface area contributed by atoms with Gasteiger partial charge in [0.25, 0.3) is 0 Å². The lowest BCUT2D eigenvalue weighted by molar-refractivity contribution is -0.122. The van der Waals surface area contributed by atoms with Crippen LogP contribution in [0.4, 0.5) is 5.95 Å². The van der Waals surface area contributed by atoms with Crippen LogP contribution in [0.25, 0.3) is 11.3 Å². The Hall–Kier alpha value is -3.22. The molecule has 1 aliphatic rings. The molecule has 1 N–H and O–H groups in total. The molecular weight excluding hydrogens is 330 g/mol. The fraction of sp³-hybridized carbons (Fsp3) is 0.263. The van der Waals surface area contributed by atoms with Gasteiger partial charge in [0, 0.05) is 24.5 Å². The van der Waals surface area contributed by atoms with E-state index in [-0.39, 0.29) is 18.5 Å². The normalized spacial score (nSPS) is 16.6. The van der Waals surface area contributed by atoms with Crippen molar-refractivity contribution in [1.82, 2.24) is 20.3 Å². The standard InChI is InChI=1S/C19H19N5O2/c25-18(15-8-4-11-24(15)19-20-9-5-10-21-19)23-13-17-22-12-16(26-17)14-6-2-1-3-7-14/h1-3,5-7,9-10,12,15H,4,8,11,13H2,(H,23,25). The number of hydrogen-bond acceptors (Lipinski definition) is 6. The molecule has 0 aliphatic carbocycles.